The maximum absolute atomic E-state index is 11.2. The second kappa shape index (κ2) is 6.53. The van der Waals surface area contributed by atoms with Crippen LogP contribution in [0.4, 0.5) is 11.4 Å². The zero-order valence-corrected chi connectivity index (χ0v) is 11.6. The van der Waals surface area contributed by atoms with Crippen molar-refractivity contribution in [2.24, 2.45) is 0 Å². The molecule has 7 heteroatoms. The highest BCUT2D eigenvalue weighted by Crippen LogP contribution is 2.33. The molecule has 0 saturated carbocycles. The molecule has 0 N–H and O–H groups in total. The van der Waals surface area contributed by atoms with E-state index in [1.165, 1.54) is 13.2 Å². The summed E-state index contributed by atoms with van der Waals surface area (Å²) in [7, 11) is 3.15. The molecular formula is C13H18N2O5. The van der Waals surface area contributed by atoms with Gasteiger partial charge in [0, 0.05) is 32.3 Å². The third-order valence-electron chi connectivity index (χ3n) is 3.21. The zero-order chi connectivity index (χ0) is 14.5. The van der Waals surface area contributed by atoms with Crippen molar-refractivity contribution < 1.29 is 19.1 Å². The van der Waals surface area contributed by atoms with Crippen LogP contribution in [0.3, 0.4) is 0 Å². The first kappa shape index (κ1) is 14.5. The minimum atomic E-state index is -0.379. The molecule has 1 aromatic carbocycles. The first-order valence-corrected chi connectivity index (χ1v) is 6.33. The van der Waals surface area contributed by atoms with Gasteiger partial charge in [0.15, 0.2) is 0 Å². The lowest BCUT2D eigenvalue weighted by atomic mass is 10.2. The summed E-state index contributed by atoms with van der Waals surface area (Å²) >= 11 is 0. The lowest BCUT2D eigenvalue weighted by Crippen LogP contribution is -2.44. The average molecular weight is 282 g/mol. The van der Waals surface area contributed by atoms with E-state index in [1.807, 2.05) is 4.90 Å². The third-order valence-corrected chi connectivity index (χ3v) is 3.21. The lowest BCUT2D eigenvalue weighted by molar-refractivity contribution is -0.384. The summed E-state index contributed by atoms with van der Waals surface area (Å²) in [6.07, 6.45) is -0.0837. The van der Waals surface area contributed by atoms with Gasteiger partial charge in [0.1, 0.15) is 11.4 Å². The number of nitrogens with zero attached hydrogens (tertiary/aromatic N) is 2. The Balaban J connectivity index is 2.27. The summed E-state index contributed by atoms with van der Waals surface area (Å²) in [5, 5.41) is 11.2. The van der Waals surface area contributed by atoms with Gasteiger partial charge >= 0.3 is 0 Å². The topological polar surface area (TPSA) is 74.1 Å². The number of nitro groups is 1. The van der Waals surface area contributed by atoms with E-state index in [4.69, 9.17) is 14.2 Å². The molecule has 1 aliphatic heterocycles. The van der Waals surface area contributed by atoms with Gasteiger partial charge in [-0.3, -0.25) is 10.1 Å². The molecule has 110 valence electrons. The van der Waals surface area contributed by atoms with Crippen LogP contribution in [0, 0.1) is 10.1 Å². The highest BCUT2D eigenvalue weighted by Gasteiger charge is 2.26. The Morgan fingerprint density at radius 3 is 2.95 bits per heavy atom. The predicted octanol–water partition coefficient (Wildman–Crippen LogP) is 1.45. The van der Waals surface area contributed by atoms with Gasteiger partial charge in [-0.2, -0.15) is 0 Å². The van der Waals surface area contributed by atoms with Crippen LogP contribution in [-0.4, -0.2) is 51.6 Å². The molecular weight excluding hydrogens is 264 g/mol. The van der Waals surface area contributed by atoms with Crippen LogP contribution in [0.2, 0.25) is 0 Å². The van der Waals surface area contributed by atoms with Gasteiger partial charge in [-0.25, -0.2) is 0 Å². The fourth-order valence-corrected chi connectivity index (χ4v) is 2.26. The number of morpholine rings is 1. The van der Waals surface area contributed by atoms with Crippen LogP contribution in [0.25, 0.3) is 0 Å². The van der Waals surface area contributed by atoms with Crippen LogP contribution in [0.15, 0.2) is 18.2 Å². The number of nitro benzene ring substituents is 1. The smallest absolute Gasteiger partial charge is 0.292 e. The minimum Gasteiger partial charge on any atom is -0.497 e. The van der Waals surface area contributed by atoms with Crippen LogP contribution >= 0.6 is 0 Å². The van der Waals surface area contributed by atoms with Gasteiger partial charge in [0.2, 0.25) is 0 Å². The van der Waals surface area contributed by atoms with Gasteiger partial charge in [-0.15, -0.1) is 0 Å². The molecule has 1 atom stereocenters. The van der Waals surface area contributed by atoms with Crippen molar-refractivity contribution in [1.29, 1.82) is 0 Å². The quantitative estimate of drug-likeness (QED) is 0.601. The molecule has 20 heavy (non-hydrogen) atoms. The second-order valence-electron chi connectivity index (χ2n) is 4.51. The van der Waals surface area contributed by atoms with Gasteiger partial charge in [0.05, 0.1) is 31.4 Å². The van der Waals surface area contributed by atoms with E-state index in [-0.39, 0.29) is 16.7 Å². The highest BCUT2D eigenvalue weighted by atomic mass is 16.6. The van der Waals surface area contributed by atoms with Gasteiger partial charge in [0.25, 0.3) is 5.69 Å². The summed E-state index contributed by atoms with van der Waals surface area (Å²) in [6.45, 7) is 2.15. The molecule has 7 nitrogen and oxygen atoms in total. The van der Waals surface area contributed by atoms with Crippen LogP contribution in [0.5, 0.6) is 5.75 Å². The maximum Gasteiger partial charge on any atom is 0.292 e. The van der Waals surface area contributed by atoms with Crippen LogP contribution in [0.1, 0.15) is 0 Å². The fourth-order valence-electron chi connectivity index (χ4n) is 2.26. The Labute approximate surface area is 117 Å². The molecule has 1 aromatic rings. The van der Waals surface area contributed by atoms with Crippen LogP contribution < -0.4 is 9.64 Å². The van der Waals surface area contributed by atoms with E-state index >= 15 is 0 Å². The Bertz CT molecular complexity index is 478. The van der Waals surface area contributed by atoms with Crippen molar-refractivity contribution in [3.63, 3.8) is 0 Å². The van der Waals surface area contributed by atoms with Gasteiger partial charge < -0.3 is 19.1 Å². The number of ether oxygens (including phenoxy) is 3. The minimum absolute atomic E-state index is 0.0730. The van der Waals surface area contributed by atoms with E-state index in [0.29, 0.717) is 37.7 Å². The van der Waals surface area contributed by atoms with Gasteiger partial charge in [-0.05, 0) is 6.07 Å². The van der Waals surface area contributed by atoms with E-state index in [0.717, 1.165) is 0 Å². The SMILES string of the molecule is COC[C@@H]1CN(c2cc(OC)ccc2[N+](=O)[O-])CCO1. The Hall–Kier alpha value is -1.86. The molecule has 0 spiro atoms. The molecule has 0 bridgehead atoms. The average Bonchev–Trinajstić information content (AvgIpc) is 2.47. The normalized spacial score (nSPS) is 18.9. The summed E-state index contributed by atoms with van der Waals surface area (Å²) in [4.78, 5) is 12.7. The molecule has 0 aliphatic carbocycles. The molecule has 1 aliphatic rings. The van der Waals surface area contributed by atoms with Crippen molar-refractivity contribution in [1.82, 2.24) is 0 Å². The molecule has 0 aromatic heterocycles. The Kier molecular flexibility index (Phi) is 4.75. The zero-order valence-electron chi connectivity index (χ0n) is 11.6. The molecule has 2 rings (SSSR count). The summed E-state index contributed by atoms with van der Waals surface area (Å²) in [6, 6.07) is 4.75. The number of methoxy groups -OCH3 is 2. The first-order valence-electron chi connectivity index (χ1n) is 6.33. The number of anilines is 1. The summed E-state index contributed by atoms with van der Waals surface area (Å²) in [5.74, 6) is 0.598. The summed E-state index contributed by atoms with van der Waals surface area (Å²) in [5.41, 5.74) is 0.627. The van der Waals surface area contributed by atoms with Crippen molar-refractivity contribution in [3.8, 4) is 5.75 Å². The first-order chi connectivity index (χ1) is 9.65. The molecule has 1 fully saturated rings. The largest absolute Gasteiger partial charge is 0.497 e. The van der Waals surface area contributed by atoms with Crippen molar-refractivity contribution in [2.75, 3.05) is 45.4 Å². The van der Waals surface area contributed by atoms with Crippen molar-refractivity contribution in [3.05, 3.63) is 28.3 Å². The van der Waals surface area contributed by atoms with Crippen molar-refractivity contribution in [2.45, 2.75) is 6.10 Å². The molecule has 0 amide bonds. The Morgan fingerprint density at radius 1 is 1.50 bits per heavy atom. The van der Waals surface area contributed by atoms with Gasteiger partial charge in [-0.1, -0.05) is 0 Å². The highest BCUT2D eigenvalue weighted by molar-refractivity contribution is 5.66. The van der Waals surface area contributed by atoms with E-state index in [9.17, 15) is 10.1 Å². The predicted molar refractivity (Wildman–Crippen MR) is 73.5 cm³/mol. The van der Waals surface area contributed by atoms with Crippen LogP contribution in [-0.2, 0) is 9.47 Å². The molecule has 1 heterocycles. The monoisotopic (exact) mass is 282 g/mol. The Morgan fingerprint density at radius 2 is 2.30 bits per heavy atom. The summed E-state index contributed by atoms with van der Waals surface area (Å²) < 4.78 is 15.8. The molecule has 0 radical (unpaired) electrons. The second-order valence-corrected chi connectivity index (χ2v) is 4.51. The van der Waals surface area contributed by atoms with E-state index in [1.54, 1.807) is 19.2 Å². The van der Waals surface area contributed by atoms with E-state index < -0.39 is 0 Å². The lowest BCUT2D eigenvalue weighted by Gasteiger charge is -2.33. The number of rotatable bonds is 5. The molecule has 0 unspecified atom stereocenters. The number of hydrogen-bond acceptors (Lipinski definition) is 6. The number of hydrogen-bond donors (Lipinski definition) is 0. The standard InChI is InChI=1S/C13H18N2O5/c1-18-9-11-8-14(5-6-20-11)13-7-10(19-2)3-4-12(13)15(16)17/h3-4,7,11H,5-6,8-9H2,1-2H3/t11-/m0/s1. The fraction of sp³-hybridized carbons (Fsp3) is 0.538. The van der Waals surface area contributed by atoms with Crippen molar-refractivity contribution >= 4 is 11.4 Å². The maximum atomic E-state index is 11.2. The molecule has 1 saturated heterocycles. The van der Waals surface area contributed by atoms with E-state index in [2.05, 4.69) is 0 Å². The third kappa shape index (κ3) is 3.17. The number of benzene rings is 1.